The maximum Gasteiger partial charge on any atom is 0.211 e. The number of anilines is 1. The number of piperidine rings is 1. The summed E-state index contributed by atoms with van der Waals surface area (Å²) in [6.45, 7) is 4.36. The van der Waals surface area contributed by atoms with Crippen LogP contribution in [0.25, 0.3) is 0 Å². The van der Waals surface area contributed by atoms with Crippen molar-refractivity contribution in [3.05, 3.63) is 23.3 Å². The van der Waals surface area contributed by atoms with Gasteiger partial charge in [-0.25, -0.2) is 0 Å². The minimum absolute atomic E-state index is 0.659. The molecule has 0 aliphatic carbocycles. The van der Waals surface area contributed by atoms with Gasteiger partial charge in [-0.3, -0.25) is 4.79 Å². The van der Waals surface area contributed by atoms with Crippen LogP contribution < -0.4 is 15.4 Å². The number of amides is 1. The third kappa shape index (κ3) is 4.44. The van der Waals surface area contributed by atoms with E-state index in [1.54, 1.807) is 7.11 Å². The SMILES string of the molecule is CN1CCCCC1.COc1cc2c(cc1NC=O)CNC2. The Morgan fingerprint density at radius 2 is 1.86 bits per heavy atom. The monoisotopic (exact) mass is 291 g/mol. The number of nitrogens with one attached hydrogen (secondary N) is 2. The first-order valence-corrected chi connectivity index (χ1v) is 7.54. The third-order valence-corrected chi connectivity index (χ3v) is 3.95. The molecule has 21 heavy (non-hydrogen) atoms. The molecule has 5 nitrogen and oxygen atoms in total. The van der Waals surface area contributed by atoms with Crippen LogP contribution in [0.4, 0.5) is 5.69 Å². The Morgan fingerprint density at radius 3 is 2.38 bits per heavy atom. The molecule has 2 N–H and O–H groups in total. The van der Waals surface area contributed by atoms with E-state index in [-0.39, 0.29) is 0 Å². The Kier molecular flexibility index (Phi) is 6.02. The minimum atomic E-state index is 0.659. The van der Waals surface area contributed by atoms with Crippen molar-refractivity contribution >= 4 is 12.1 Å². The molecule has 0 radical (unpaired) electrons. The molecule has 0 atom stereocenters. The van der Waals surface area contributed by atoms with Gasteiger partial charge in [-0.1, -0.05) is 6.42 Å². The lowest BCUT2D eigenvalue weighted by molar-refractivity contribution is -0.105. The summed E-state index contributed by atoms with van der Waals surface area (Å²) in [6, 6.07) is 3.91. The van der Waals surface area contributed by atoms with Crippen LogP contribution in [0, 0.1) is 0 Å². The zero-order chi connectivity index (χ0) is 15.1. The molecular weight excluding hydrogens is 266 g/mol. The highest BCUT2D eigenvalue weighted by Crippen LogP contribution is 2.30. The Morgan fingerprint density at radius 1 is 1.19 bits per heavy atom. The average Bonchev–Trinajstić information content (AvgIpc) is 2.95. The fraction of sp³-hybridized carbons (Fsp3) is 0.562. The molecule has 1 amide bonds. The van der Waals surface area contributed by atoms with Gasteiger partial charge >= 0.3 is 0 Å². The highest BCUT2D eigenvalue weighted by molar-refractivity contribution is 5.76. The standard InChI is InChI=1S/C10H12N2O2.C6H13N/c1-14-10-3-8-5-11-4-7(8)2-9(10)12-6-13;1-7-5-3-2-4-6-7/h2-3,6,11H,4-5H2,1H3,(H,12,13);2-6H2,1H3. The van der Waals surface area contributed by atoms with Crippen molar-refractivity contribution in [3.63, 3.8) is 0 Å². The van der Waals surface area contributed by atoms with E-state index in [0.29, 0.717) is 12.2 Å². The zero-order valence-corrected chi connectivity index (χ0v) is 12.9. The number of carbonyl (C=O) groups is 1. The minimum Gasteiger partial charge on any atom is -0.495 e. The van der Waals surface area contributed by atoms with E-state index in [4.69, 9.17) is 4.74 Å². The van der Waals surface area contributed by atoms with Gasteiger partial charge in [-0.15, -0.1) is 0 Å². The number of benzene rings is 1. The summed E-state index contributed by atoms with van der Waals surface area (Å²) in [4.78, 5) is 12.8. The van der Waals surface area contributed by atoms with Crippen molar-refractivity contribution in [1.29, 1.82) is 0 Å². The number of carbonyl (C=O) groups excluding carboxylic acids is 1. The molecule has 1 saturated heterocycles. The van der Waals surface area contributed by atoms with Crippen molar-refractivity contribution in [2.75, 3.05) is 32.6 Å². The van der Waals surface area contributed by atoms with Gasteiger partial charge in [0, 0.05) is 13.1 Å². The van der Waals surface area contributed by atoms with Crippen LogP contribution in [0.2, 0.25) is 0 Å². The summed E-state index contributed by atoms with van der Waals surface area (Å²) in [6.07, 6.45) is 4.93. The average molecular weight is 291 g/mol. The molecule has 1 aromatic rings. The topological polar surface area (TPSA) is 53.6 Å². The second kappa shape index (κ2) is 8.00. The van der Waals surface area contributed by atoms with E-state index >= 15 is 0 Å². The lowest BCUT2D eigenvalue weighted by Crippen LogP contribution is -2.24. The quantitative estimate of drug-likeness (QED) is 0.836. The lowest BCUT2D eigenvalue weighted by atomic mass is 10.1. The first kappa shape index (κ1) is 15.8. The number of hydrogen-bond acceptors (Lipinski definition) is 4. The first-order chi connectivity index (χ1) is 10.2. The van der Waals surface area contributed by atoms with E-state index in [9.17, 15) is 4.79 Å². The highest BCUT2D eigenvalue weighted by Gasteiger charge is 2.14. The van der Waals surface area contributed by atoms with Gasteiger partial charge in [-0.05, 0) is 56.2 Å². The smallest absolute Gasteiger partial charge is 0.211 e. The van der Waals surface area contributed by atoms with Crippen molar-refractivity contribution in [1.82, 2.24) is 10.2 Å². The zero-order valence-electron chi connectivity index (χ0n) is 12.9. The van der Waals surface area contributed by atoms with Crippen molar-refractivity contribution in [2.45, 2.75) is 32.4 Å². The maximum atomic E-state index is 10.4. The summed E-state index contributed by atoms with van der Waals surface area (Å²) in [5, 5.41) is 5.86. The normalized spacial score (nSPS) is 17.4. The molecule has 2 aliphatic heterocycles. The van der Waals surface area contributed by atoms with E-state index in [1.165, 1.54) is 43.5 Å². The molecule has 2 aliphatic rings. The predicted octanol–water partition coefficient (Wildman–Crippen LogP) is 1.97. The van der Waals surface area contributed by atoms with Crippen LogP contribution in [0.5, 0.6) is 5.75 Å². The second-order valence-corrected chi connectivity index (χ2v) is 5.55. The van der Waals surface area contributed by atoms with Crippen molar-refractivity contribution < 1.29 is 9.53 Å². The van der Waals surface area contributed by atoms with Gasteiger partial charge in [0.1, 0.15) is 5.75 Å². The summed E-state index contributed by atoms with van der Waals surface area (Å²) in [7, 11) is 3.79. The molecule has 5 heteroatoms. The van der Waals surface area contributed by atoms with Gasteiger partial charge in [0.2, 0.25) is 6.41 Å². The predicted molar refractivity (Wildman–Crippen MR) is 84.6 cm³/mol. The van der Waals surface area contributed by atoms with Crippen LogP contribution in [0.15, 0.2) is 12.1 Å². The van der Waals surface area contributed by atoms with Gasteiger partial charge < -0.3 is 20.3 Å². The Balaban J connectivity index is 0.000000194. The fourth-order valence-electron chi connectivity index (χ4n) is 2.72. The molecule has 2 heterocycles. The molecule has 0 saturated carbocycles. The highest BCUT2D eigenvalue weighted by atomic mass is 16.5. The number of nitrogens with zero attached hydrogens (tertiary/aromatic N) is 1. The van der Waals surface area contributed by atoms with Gasteiger partial charge in [0.25, 0.3) is 0 Å². The van der Waals surface area contributed by atoms with Gasteiger partial charge in [-0.2, -0.15) is 0 Å². The number of fused-ring (bicyclic) bond motifs is 1. The summed E-state index contributed by atoms with van der Waals surface area (Å²) < 4.78 is 5.17. The first-order valence-electron chi connectivity index (χ1n) is 7.54. The van der Waals surface area contributed by atoms with Crippen LogP contribution in [-0.4, -0.2) is 38.6 Å². The number of ether oxygens (including phenoxy) is 1. The number of hydrogen-bond donors (Lipinski definition) is 2. The number of methoxy groups -OCH3 is 1. The van der Waals surface area contributed by atoms with Crippen LogP contribution >= 0.6 is 0 Å². The van der Waals surface area contributed by atoms with Crippen LogP contribution in [-0.2, 0) is 17.9 Å². The largest absolute Gasteiger partial charge is 0.495 e. The van der Waals surface area contributed by atoms with E-state index in [2.05, 4.69) is 22.6 Å². The van der Waals surface area contributed by atoms with Crippen molar-refractivity contribution in [2.24, 2.45) is 0 Å². The third-order valence-electron chi connectivity index (χ3n) is 3.95. The lowest BCUT2D eigenvalue weighted by Gasteiger charge is -2.20. The van der Waals surface area contributed by atoms with Gasteiger partial charge in [0.15, 0.2) is 0 Å². The molecule has 116 valence electrons. The van der Waals surface area contributed by atoms with E-state index < -0.39 is 0 Å². The molecule has 0 aromatic heterocycles. The molecule has 0 unspecified atom stereocenters. The summed E-state index contributed by atoms with van der Waals surface area (Å²) in [5.74, 6) is 0.708. The van der Waals surface area contributed by atoms with Crippen LogP contribution in [0.3, 0.4) is 0 Å². The molecule has 1 fully saturated rings. The Bertz CT molecular complexity index is 471. The molecule has 1 aromatic carbocycles. The molecule has 0 spiro atoms. The fourth-order valence-corrected chi connectivity index (χ4v) is 2.72. The second-order valence-electron chi connectivity index (χ2n) is 5.55. The van der Waals surface area contributed by atoms with Crippen molar-refractivity contribution in [3.8, 4) is 5.75 Å². The molecular formula is C16H25N3O2. The van der Waals surface area contributed by atoms with Gasteiger partial charge in [0.05, 0.1) is 12.8 Å². The molecule has 0 bridgehead atoms. The van der Waals surface area contributed by atoms with E-state index in [1.807, 2.05) is 12.1 Å². The summed E-state index contributed by atoms with van der Waals surface area (Å²) in [5.41, 5.74) is 3.18. The van der Waals surface area contributed by atoms with Crippen LogP contribution in [0.1, 0.15) is 30.4 Å². The number of rotatable bonds is 3. The maximum absolute atomic E-state index is 10.4. The van der Waals surface area contributed by atoms with E-state index in [0.717, 1.165) is 18.8 Å². The summed E-state index contributed by atoms with van der Waals surface area (Å²) >= 11 is 0. The number of likely N-dealkylation sites (tertiary alicyclic amines) is 1. The Labute approximate surface area is 126 Å². The Hall–Kier alpha value is -1.59. The molecule has 3 rings (SSSR count).